The normalized spacial score (nSPS) is 10.1. The lowest BCUT2D eigenvalue weighted by Crippen LogP contribution is -2.28. The third-order valence-corrected chi connectivity index (χ3v) is 2.32. The van der Waals surface area contributed by atoms with Gasteiger partial charge in [-0.05, 0) is 18.6 Å². The zero-order valence-corrected chi connectivity index (χ0v) is 10.5. The first kappa shape index (κ1) is 15.1. The second kappa shape index (κ2) is 7.45. The van der Waals surface area contributed by atoms with Gasteiger partial charge < -0.3 is 10.1 Å². The Bertz CT molecular complexity index is 463. The average molecular weight is 271 g/mol. The van der Waals surface area contributed by atoms with Gasteiger partial charge in [-0.1, -0.05) is 6.07 Å². The molecule has 0 atom stereocenters. The fourth-order valence-corrected chi connectivity index (χ4v) is 1.44. The van der Waals surface area contributed by atoms with Crippen molar-refractivity contribution < 1.29 is 23.1 Å². The van der Waals surface area contributed by atoms with Crippen LogP contribution in [0.5, 0.6) is 0 Å². The summed E-state index contributed by atoms with van der Waals surface area (Å²) in [6, 6.07) is 3.03. The van der Waals surface area contributed by atoms with Crippen LogP contribution in [-0.2, 0) is 20.7 Å². The maximum atomic E-state index is 13.3. The molecule has 104 valence electrons. The van der Waals surface area contributed by atoms with E-state index in [4.69, 9.17) is 0 Å². The second-order valence-electron chi connectivity index (χ2n) is 3.82. The summed E-state index contributed by atoms with van der Waals surface area (Å²) in [5, 5.41) is 2.46. The molecular formula is C13H15F2NO3. The van der Waals surface area contributed by atoms with E-state index in [1.807, 2.05) is 0 Å². The number of halogens is 2. The van der Waals surface area contributed by atoms with Gasteiger partial charge in [-0.25, -0.2) is 8.78 Å². The Labute approximate surface area is 109 Å². The molecule has 0 bridgehead atoms. The number of hydrogen-bond acceptors (Lipinski definition) is 3. The van der Waals surface area contributed by atoms with Gasteiger partial charge >= 0.3 is 5.97 Å². The van der Waals surface area contributed by atoms with E-state index in [9.17, 15) is 18.4 Å². The van der Waals surface area contributed by atoms with E-state index in [-0.39, 0.29) is 31.6 Å². The van der Waals surface area contributed by atoms with E-state index in [1.165, 1.54) is 6.07 Å². The molecule has 19 heavy (non-hydrogen) atoms. The van der Waals surface area contributed by atoms with Crippen LogP contribution in [0.4, 0.5) is 8.78 Å². The minimum Gasteiger partial charge on any atom is -0.466 e. The molecule has 0 unspecified atom stereocenters. The molecule has 0 heterocycles. The number of amides is 1. The molecule has 0 fully saturated rings. The lowest BCUT2D eigenvalue weighted by Gasteiger charge is -2.06. The SMILES string of the molecule is CCOC(=O)CCNC(=O)Cc1ccc(F)cc1F. The van der Waals surface area contributed by atoms with Gasteiger partial charge in [0.2, 0.25) is 5.91 Å². The fraction of sp³-hybridized carbons (Fsp3) is 0.385. The highest BCUT2D eigenvalue weighted by atomic mass is 19.1. The summed E-state index contributed by atoms with van der Waals surface area (Å²) in [7, 11) is 0. The number of carbonyl (C=O) groups excluding carboxylic acids is 2. The minimum atomic E-state index is -0.763. The van der Waals surface area contributed by atoms with Crippen LogP contribution in [0.2, 0.25) is 0 Å². The van der Waals surface area contributed by atoms with Crippen molar-refractivity contribution in [2.24, 2.45) is 0 Å². The van der Waals surface area contributed by atoms with Crippen LogP contribution < -0.4 is 5.32 Å². The number of esters is 1. The van der Waals surface area contributed by atoms with Crippen molar-refractivity contribution in [3.8, 4) is 0 Å². The molecule has 1 aromatic carbocycles. The molecule has 0 aromatic heterocycles. The molecule has 6 heteroatoms. The number of rotatable bonds is 6. The van der Waals surface area contributed by atoms with E-state index in [2.05, 4.69) is 10.1 Å². The molecule has 0 saturated carbocycles. The lowest BCUT2D eigenvalue weighted by molar-refractivity contribution is -0.143. The quantitative estimate of drug-likeness (QED) is 0.799. The zero-order chi connectivity index (χ0) is 14.3. The van der Waals surface area contributed by atoms with Crippen molar-refractivity contribution >= 4 is 11.9 Å². The highest BCUT2D eigenvalue weighted by Crippen LogP contribution is 2.09. The van der Waals surface area contributed by atoms with Crippen LogP contribution in [0.3, 0.4) is 0 Å². The van der Waals surface area contributed by atoms with Gasteiger partial charge in [-0.3, -0.25) is 9.59 Å². The molecule has 1 aromatic rings. The highest BCUT2D eigenvalue weighted by Gasteiger charge is 2.09. The lowest BCUT2D eigenvalue weighted by atomic mass is 10.1. The van der Waals surface area contributed by atoms with Crippen LogP contribution in [0.1, 0.15) is 18.9 Å². The van der Waals surface area contributed by atoms with Gasteiger partial charge in [-0.2, -0.15) is 0 Å². The number of nitrogens with one attached hydrogen (secondary N) is 1. The smallest absolute Gasteiger partial charge is 0.307 e. The summed E-state index contributed by atoms with van der Waals surface area (Å²) < 4.78 is 30.6. The first-order valence-electron chi connectivity index (χ1n) is 5.89. The summed E-state index contributed by atoms with van der Waals surface area (Å²) in [4.78, 5) is 22.5. The first-order chi connectivity index (χ1) is 9.02. The Kier molecular flexibility index (Phi) is 5.92. The zero-order valence-electron chi connectivity index (χ0n) is 10.5. The number of benzene rings is 1. The molecule has 0 aliphatic rings. The molecule has 1 rings (SSSR count). The Morgan fingerprint density at radius 2 is 2.05 bits per heavy atom. The van der Waals surface area contributed by atoms with Gasteiger partial charge in [0.25, 0.3) is 0 Å². The van der Waals surface area contributed by atoms with Gasteiger partial charge in [-0.15, -0.1) is 0 Å². The topological polar surface area (TPSA) is 55.4 Å². The van der Waals surface area contributed by atoms with Crippen molar-refractivity contribution in [3.63, 3.8) is 0 Å². The summed E-state index contributed by atoms with van der Waals surface area (Å²) in [5.41, 5.74) is 0.107. The molecule has 0 radical (unpaired) electrons. The molecule has 4 nitrogen and oxygen atoms in total. The maximum Gasteiger partial charge on any atom is 0.307 e. The number of ether oxygens (including phenoxy) is 1. The predicted octanol–water partition coefficient (Wildman–Crippen LogP) is 1.58. The summed E-state index contributed by atoms with van der Waals surface area (Å²) in [6.07, 6.45) is -0.138. The monoisotopic (exact) mass is 271 g/mol. The van der Waals surface area contributed by atoms with Gasteiger partial charge in [0.1, 0.15) is 11.6 Å². The van der Waals surface area contributed by atoms with E-state index >= 15 is 0 Å². The van der Waals surface area contributed by atoms with Crippen molar-refractivity contribution in [1.29, 1.82) is 0 Å². The van der Waals surface area contributed by atoms with E-state index in [0.717, 1.165) is 12.1 Å². The predicted molar refractivity (Wildman–Crippen MR) is 64.3 cm³/mol. The van der Waals surface area contributed by atoms with Crippen LogP contribution in [0.15, 0.2) is 18.2 Å². The summed E-state index contributed by atoms with van der Waals surface area (Å²) in [5.74, 6) is -2.30. The first-order valence-corrected chi connectivity index (χ1v) is 5.89. The van der Waals surface area contributed by atoms with Crippen LogP contribution >= 0.6 is 0 Å². The molecular weight excluding hydrogens is 256 g/mol. The molecule has 0 aliphatic carbocycles. The van der Waals surface area contributed by atoms with Crippen LogP contribution in [0.25, 0.3) is 0 Å². The molecule has 0 spiro atoms. The van der Waals surface area contributed by atoms with Crippen molar-refractivity contribution in [2.45, 2.75) is 19.8 Å². The largest absolute Gasteiger partial charge is 0.466 e. The van der Waals surface area contributed by atoms with Crippen LogP contribution in [-0.4, -0.2) is 25.0 Å². The third kappa shape index (κ3) is 5.46. The fourth-order valence-electron chi connectivity index (χ4n) is 1.44. The van der Waals surface area contributed by atoms with Crippen molar-refractivity contribution in [2.75, 3.05) is 13.2 Å². The molecule has 1 amide bonds. The summed E-state index contributed by atoms with van der Waals surface area (Å²) in [6.45, 7) is 2.10. The Hall–Kier alpha value is -1.98. The van der Waals surface area contributed by atoms with Gasteiger partial charge in [0, 0.05) is 12.6 Å². The van der Waals surface area contributed by atoms with Gasteiger partial charge in [0.15, 0.2) is 0 Å². The number of carbonyl (C=O) groups is 2. The summed E-state index contributed by atoms with van der Waals surface area (Å²) >= 11 is 0. The maximum absolute atomic E-state index is 13.3. The second-order valence-corrected chi connectivity index (χ2v) is 3.82. The van der Waals surface area contributed by atoms with Crippen molar-refractivity contribution in [1.82, 2.24) is 5.32 Å². The highest BCUT2D eigenvalue weighted by molar-refractivity contribution is 5.79. The van der Waals surface area contributed by atoms with E-state index < -0.39 is 23.5 Å². The molecule has 1 N–H and O–H groups in total. The molecule has 0 aliphatic heterocycles. The van der Waals surface area contributed by atoms with Gasteiger partial charge in [0.05, 0.1) is 19.4 Å². The van der Waals surface area contributed by atoms with E-state index in [0.29, 0.717) is 0 Å². The Morgan fingerprint density at radius 3 is 2.68 bits per heavy atom. The third-order valence-electron chi connectivity index (χ3n) is 2.32. The minimum absolute atomic E-state index is 0.0610. The van der Waals surface area contributed by atoms with E-state index in [1.54, 1.807) is 6.92 Å². The van der Waals surface area contributed by atoms with Crippen molar-refractivity contribution in [3.05, 3.63) is 35.4 Å². The Morgan fingerprint density at radius 1 is 1.32 bits per heavy atom. The average Bonchev–Trinajstić information content (AvgIpc) is 2.33. The standard InChI is InChI=1S/C13H15F2NO3/c1-2-19-13(18)5-6-16-12(17)7-9-3-4-10(14)8-11(9)15/h3-4,8H,2,5-7H2,1H3,(H,16,17). The van der Waals surface area contributed by atoms with Crippen LogP contribution in [0, 0.1) is 11.6 Å². The number of hydrogen-bond donors (Lipinski definition) is 1. The molecule has 0 saturated heterocycles. The Balaban J connectivity index is 2.37.